The standard InChI is InChI=1S/C28H27FIN7O/c1-16(18-7-9-20(29)10-8-18)36-28(38)22-11-21(30)13-33-26(22)32-12-17-3-5-19(6-4-17)23-14-37(2)27-24(23)25(31)34-15-35-27/h3-11,13,15-16,23H,12,14H2,1-2H3,(H,32,33)(H,36,38)(H2,31,34,35)/t16-,23?/m0/s1. The molecule has 1 aliphatic rings. The first-order valence-electron chi connectivity index (χ1n) is 12.2. The molecule has 2 atom stereocenters. The minimum Gasteiger partial charge on any atom is -0.383 e. The minimum absolute atomic E-state index is 0.106. The molecule has 0 saturated carbocycles. The number of fused-ring (bicyclic) bond motifs is 1. The Morgan fingerprint density at radius 3 is 2.63 bits per heavy atom. The van der Waals surface area contributed by atoms with Gasteiger partial charge in [0.15, 0.2) is 0 Å². The maximum atomic E-state index is 13.3. The number of amides is 1. The van der Waals surface area contributed by atoms with Gasteiger partial charge in [-0.25, -0.2) is 19.3 Å². The second kappa shape index (κ2) is 10.9. The van der Waals surface area contributed by atoms with Gasteiger partial charge in [0.2, 0.25) is 0 Å². The summed E-state index contributed by atoms with van der Waals surface area (Å²) >= 11 is 2.14. The second-order valence-corrected chi connectivity index (χ2v) is 10.6. The van der Waals surface area contributed by atoms with Gasteiger partial charge in [-0.3, -0.25) is 4.79 Å². The molecule has 5 rings (SSSR count). The lowest BCUT2D eigenvalue weighted by atomic mass is 9.93. The molecule has 4 N–H and O–H groups in total. The third kappa shape index (κ3) is 5.40. The molecule has 1 unspecified atom stereocenters. The molecule has 4 aromatic rings. The number of nitrogen functional groups attached to an aromatic ring is 1. The smallest absolute Gasteiger partial charge is 0.255 e. The number of hydrogen-bond donors (Lipinski definition) is 3. The van der Waals surface area contributed by atoms with Gasteiger partial charge in [0.1, 0.15) is 29.6 Å². The van der Waals surface area contributed by atoms with Crippen LogP contribution in [0, 0.1) is 9.39 Å². The van der Waals surface area contributed by atoms with Crippen LogP contribution in [-0.4, -0.2) is 34.5 Å². The molecule has 194 valence electrons. The van der Waals surface area contributed by atoms with Crippen molar-refractivity contribution in [3.8, 4) is 0 Å². The Kier molecular flexibility index (Phi) is 7.41. The van der Waals surface area contributed by atoms with Crippen LogP contribution in [0.15, 0.2) is 67.1 Å². The topological polar surface area (TPSA) is 109 Å². The summed E-state index contributed by atoms with van der Waals surface area (Å²) < 4.78 is 14.1. The number of nitrogens with zero attached hydrogens (tertiary/aromatic N) is 4. The van der Waals surface area contributed by atoms with E-state index in [2.05, 4.69) is 77.3 Å². The van der Waals surface area contributed by atoms with Crippen molar-refractivity contribution in [2.75, 3.05) is 29.5 Å². The van der Waals surface area contributed by atoms with Crippen molar-refractivity contribution in [1.29, 1.82) is 0 Å². The lowest BCUT2D eigenvalue weighted by molar-refractivity contribution is 0.0940. The first-order chi connectivity index (χ1) is 18.3. The maximum absolute atomic E-state index is 13.3. The molecule has 10 heteroatoms. The molecule has 1 aliphatic heterocycles. The quantitative estimate of drug-likeness (QED) is 0.252. The Balaban J connectivity index is 1.28. The van der Waals surface area contributed by atoms with Gasteiger partial charge in [0, 0.05) is 41.4 Å². The Morgan fingerprint density at radius 2 is 1.89 bits per heavy atom. The summed E-state index contributed by atoms with van der Waals surface area (Å²) in [6, 6.07) is 15.9. The van der Waals surface area contributed by atoms with E-state index in [4.69, 9.17) is 5.73 Å². The monoisotopic (exact) mass is 623 g/mol. The molecular formula is C28H27FIN7O. The number of rotatable bonds is 7. The average Bonchev–Trinajstić information content (AvgIpc) is 3.26. The summed E-state index contributed by atoms with van der Waals surface area (Å²) in [7, 11) is 2.01. The molecule has 0 spiro atoms. The molecular weight excluding hydrogens is 596 g/mol. The van der Waals surface area contributed by atoms with Crippen LogP contribution in [0.2, 0.25) is 0 Å². The SMILES string of the molecule is C[C@H](NC(=O)c1cc(I)cnc1NCc1ccc(C2CN(C)c3ncnc(N)c32)cc1)c1ccc(F)cc1. The summed E-state index contributed by atoms with van der Waals surface area (Å²) in [5.41, 5.74) is 10.6. The normalized spacial score (nSPS) is 15.2. The molecule has 0 radical (unpaired) electrons. The van der Waals surface area contributed by atoms with Crippen LogP contribution in [0.3, 0.4) is 0 Å². The summed E-state index contributed by atoms with van der Waals surface area (Å²) in [6.07, 6.45) is 3.21. The zero-order chi connectivity index (χ0) is 26.8. The number of hydrogen-bond acceptors (Lipinski definition) is 7. The van der Waals surface area contributed by atoms with Crippen LogP contribution in [0.5, 0.6) is 0 Å². The van der Waals surface area contributed by atoms with Crippen molar-refractivity contribution >= 4 is 46.0 Å². The van der Waals surface area contributed by atoms with Crippen LogP contribution in [-0.2, 0) is 6.54 Å². The number of nitrogens with one attached hydrogen (secondary N) is 2. The van der Waals surface area contributed by atoms with Crippen LogP contribution in [0.4, 0.5) is 21.8 Å². The highest BCUT2D eigenvalue weighted by molar-refractivity contribution is 14.1. The zero-order valence-electron chi connectivity index (χ0n) is 21.0. The number of aromatic nitrogens is 3. The van der Waals surface area contributed by atoms with Crippen molar-refractivity contribution in [3.05, 3.63) is 104 Å². The Bertz CT molecular complexity index is 1460. The molecule has 0 aliphatic carbocycles. The van der Waals surface area contributed by atoms with E-state index in [9.17, 15) is 9.18 Å². The van der Waals surface area contributed by atoms with Crippen LogP contribution >= 0.6 is 22.6 Å². The van der Waals surface area contributed by atoms with Gasteiger partial charge < -0.3 is 21.3 Å². The number of nitrogens with two attached hydrogens (primary N) is 1. The van der Waals surface area contributed by atoms with Crippen molar-refractivity contribution in [1.82, 2.24) is 20.3 Å². The van der Waals surface area contributed by atoms with E-state index in [1.165, 1.54) is 18.5 Å². The highest BCUT2D eigenvalue weighted by atomic mass is 127. The van der Waals surface area contributed by atoms with Gasteiger partial charge in [0.25, 0.3) is 5.91 Å². The van der Waals surface area contributed by atoms with E-state index in [0.29, 0.717) is 23.7 Å². The summed E-state index contributed by atoms with van der Waals surface area (Å²) in [4.78, 5) is 28.3. The van der Waals surface area contributed by atoms with Gasteiger partial charge in [-0.1, -0.05) is 36.4 Å². The maximum Gasteiger partial charge on any atom is 0.255 e. The molecule has 8 nitrogen and oxygen atoms in total. The number of carbonyl (C=O) groups is 1. The molecule has 0 bridgehead atoms. The van der Waals surface area contributed by atoms with Gasteiger partial charge in [0.05, 0.1) is 11.6 Å². The molecule has 2 aromatic heterocycles. The second-order valence-electron chi connectivity index (χ2n) is 9.32. The van der Waals surface area contributed by atoms with Crippen molar-refractivity contribution in [2.45, 2.75) is 25.4 Å². The van der Waals surface area contributed by atoms with Crippen LogP contribution < -0.4 is 21.3 Å². The average molecular weight is 623 g/mol. The lowest BCUT2D eigenvalue weighted by Gasteiger charge is -2.17. The fourth-order valence-corrected chi connectivity index (χ4v) is 5.13. The summed E-state index contributed by atoms with van der Waals surface area (Å²) in [6.45, 7) is 3.15. The largest absolute Gasteiger partial charge is 0.383 e. The van der Waals surface area contributed by atoms with Gasteiger partial charge in [-0.15, -0.1) is 0 Å². The minimum atomic E-state index is -0.313. The third-order valence-electron chi connectivity index (χ3n) is 6.72. The first-order valence-corrected chi connectivity index (χ1v) is 13.2. The number of halogens is 2. The van der Waals surface area contributed by atoms with E-state index in [-0.39, 0.29) is 23.7 Å². The zero-order valence-corrected chi connectivity index (χ0v) is 23.1. The van der Waals surface area contributed by atoms with E-state index in [1.54, 1.807) is 24.4 Å². The van der Waals surface area contributed by atoms with Crippen LogP contribution in [0.25, 0.3) is 0 Å². The molecule has 3 heterocycles. The third-order valence-corrected chi connectivity index (χ3v) is 7.31. The predicted octanol–water partition coefficient (Wildman–Crippen LogP) is 4.88. The first kappa shape index (κ1) is 25.8. The Labute approximate surface area is 234 Å². The highest BCUT2D eigenvalue weighted by Crippen LogP contribution is 2.40. The Morgan fingerprint density at radius 1 is 1.16 bits per heavy atom. The molecule has 2 aromatic carbocycles. The van der Waals surface area contributed by atoms with E-state index in [1.807, 2.05) is 14.0 Å². The summed E-state index contributed by atoms with van der Waals surface area (Å²) in [5, 5.41) is 6.29. The number of pyridine rings is 1. The molecule has 1 amide bonds. The molecule has 0 saturated heterocycles. The Hall–Kier alpha value is -3.80. The molecule has 0 fully saturated rings. The van der Waals surface area contributed by atoms with Crippen molar-refractivity contribution in [2.24, 2.45) is 0 Å². The number of anilines is 3. The highest BCUT2D eigenvalue weighted by Gasteiger charge is 2.31. The molecule has 38 heavy (non-hydrogen) atoms. The predicted molar refractivity (Wildman–Crippen MR) is 155 cm³/mol. The van der Waals surface area contributed by atoms with Crippen molar-refractivity contribution in [3.63, 3.8) is 0 Å². The fourth-order valence-electron chi connectivity index (χ4n) is 4.68. The van der Waals surface area contributed by atoms with E-state index < -0.39 is 0 Å². The lowest BCUT2D eigenvalue weighted by Crippen LogP contribution is -2.28. The fraction of sp³-hybridized carbons (Fsp3) is 0.214. The number of carbonyl (C=O) groups excluding carboxylic acids is 1. The van der Waals surface area contributed by atoms with Gasteiger partial charge in [-0.05, 0) is 64.4 Å². The van der Waals surface area contributed by atoms with Crippen molar-refractivity contribution < 1.29 is 9.18 Å². The van der Waals surface area contributed by atoms with E-state index in [0.717, 1.165) is 38.2 Å². The number of benzene rings is 2. The van der Waals surface area contributed by atoms with Gasteiger partial charge >= 0.3 is 0 Å². The number of likely N-dealkylation sites (N-methyl/N-ethyl adjacent to an activating group) is 1. The summed E-state index contributed by atoms with van der Waals surface area (Å²) in [5.74, 6) is 1.42. The van der Waals surface area contributed by atoms with Crippen LogP contribution in [0.1, 0.15) is 51.5 Å². The van der Waals surface area contributed by atoms with E-state index >= 15 is 0 Å². The van der Waals surface area contributed by atoms with Gasteiger partial charge in [-0.2, -0.15) is 0 Å².